The summed E-state index contributed by atoms with van der Waals surface area (Å²) in [7, 11) is 0. The average molecular weight is 390 g/mol. The van der Waals surface area contributed by atoms with Gasteiger partial charge < -0.3 is 15.7 Å². The van der Waals surface area contributed by atoms with E-state index in [2.05, 4.69) is 20.6 Å². The van der Waals surface area contributed by atoms with E-state index in [1.807, 2.05) is 60.7 Å². The molecular formula is C22H22N4O3. The zero-order valence-electron chi connectivity index (χ0n) is 15.8. The maximum atomic E-state index is 12.4. The van der Waals surface area contributed by atoms with Crippen LogP contribution >= 0.6 is 0 Å². The third kappa shape index (κ3) is 5.70. The summed E-state index contributed by atoms with van der Waals surface area (Å²) in [5.74, 6) is -1.03. The van der Waals surface area contributed by atoms with Crippen LogP contribution in [0.4, 0.5) is 5.69 Å². The highest BCUT2D eigenvalue weighted by molar-refractivity contribution is 6.39. The molecule has 0 fully saturated rings. The van der Waals surface area contributed by atoms with Gasteiger partial charge in [0.05, 0.1) is 24.1 Å². The van der Waals surface area contributed by atoms with Crippen molar-refractivity contribution in [2.45, 2.75) is 18.9 Å². The lowest BCUT2D eigenvalue weighted by Crippen LogP contribution is -2.38. The van der Waals surface area contributed by atoms with Crippen molar-refractivity contribution in [3.8, 4) is 11.4 Å². The first-order chi connectivity index (χ1) is 14.2. The minimum absolute atomic E-state index is 0.0104. The van der Waals surface area contributed by atoms with Gasteiger partial charge in [0.25, 0.3) is 0 Å². The Labute approximate surface area is 168 Å². The quantitative estimate of drug-likeness (QED) is 0.538. The number of carbonyl (C=O) groups is 2. The van der Waals surface area contributed by atoms with Crippen molar-refractivity contribution < 1.29 is 14.7 Å². The van der Waals surface area contributed by atoms with Crippen LogP contribution in [0, 0.1) is 0 Å². The first-order valence-corrected chi connectivity index (χ1v) is 9.32. The van der Waals surface area contributed by atoms with E-state index in [0.717, 1.165) is 11.1 Å². The Morgan fingerprint density at radius 1 is 0.897 bits per heavy atom. The second kappa shape index (κ2) is 10.1. The van der Waals surface area contributed by atoms with Gasteiger partial charge in [0.2, 0.25) is 0 Å². The smallest absolute Gasteiger partial charge is 0.313 e. The van der Waals surface area contributed by atoms with Crippen LogP contribution < -0.4 is 10.6 Å². The van der Waals surface area contributed by atoms with E-state index in [1.165, 1.54) is 12.4 Å². The van der Waals surface area contributed by atoms with Crippen LogP contribution in [-0.2, 0) is 9.59 Å². The molecule has 0 aliphatic rings. The van der Waals surface area contributed by atoms with Gasteiger partial charge >= 0.3 is 11.8 Å². The zero-order valence-corrected chi connectivity index (χ0v) is 15.8. The van der Waals surface area contributed by atoms with Crippen LogP contribution in [0.5, 0.6) is 0 Å². The number of aliphatic hydroxyl groups is 1. The van der Waals surface area contributed by atoms with E-state index in [-0.39, 0.29) is 12.6 Å². The van der Waals surface area contributed by atoms with E-state index in [4.69, 9.17) is 5.11 Å². The molecule has 0 spiro atoms. The Morgan fingerprint density at radius 2 is 1.52 bits per heavy atom. The van der Waals surface area contributed by atoms with Gasteiger partial charge in [-0.15, -0.1) is 0 Å². The van der Waals surface area contributed by atoms with Crippen molar-refractivity contribution in [2.75, 3.05) is 11.9 Å². The SMILES string of the molecule is O=C(Nc1cnc(-c2ccccc2)nc1)C(=O)N[C@@H](CCCO)c1ccccc1. The summed E-state index contributed by atoms with van der Waals surface area (Å²) in [6.45, 7) is 0.0104. The van der Waals surface area contributed by atoms with Crippen molar-refractivity contribution >= 4 is 17.5 Å². The molecule has 0 bridgehead atoms. The highest BCUT2D eigenvalue weighted by Gasteiger charge is 2.20. The van der Waals surface area contributed by atoms with Crippen LogP contribution in [0.15, 0.2) is 73.1 Å². The van der Waals surface area contributed by atoms with Gasteiger partial charge in [-0.3, -0.25) is 9.59 Å². The van der Waals surface area contributed by atoms with Crippen molar-refractivity contribution in [1.29, 1.82) is 0 Å². The van der Waals surface area contributed by atoms with Crippen molar-refractivity contribution in [1.82, 2.24) is 15.3 Å². The number of carbonyl (C=O) groups excluding carboxylic acids is 2. The van der Waals surface area contributed by atoms with E-state index >= 15 is 0 Å². The number of nitrogens with zero attached hydrogens (tertiary/aromatic N) is 2. The van der Waals surface area contributed by atoms with Gasteiger partial charge in [0.15, 0.2) is 5.82 Å². The maximum absolute atomic E-state index is 12.4. The van der Waals surface area contributed by atoms with Gasteiger partial charge in [0.1, 0.15) is 0 Å². The minimum atomic E-state index is -0.800. The van der Waals surface area contributed by atoms with E-state index in [0.29, 0.717) is 24.4 Å². The van der Waals surface area contributed by atoms with Crippen molar-refractivity contribution in [3.05, 3.63) is 78.6 Å². The Balaban J connectivity index is 1.62. The molecule has 1 heterocycles. The summed E-state index contributed by atoms with van der Waals surface area (Å²) in [5, 5.41) is 14.3. The standard InChI is InChI=1S/C22H22N4O3/c27-13-7-12-19(16-8-3-1-4-9-16)26-22(29)21(28)25-18-14-23-20(24-15-18)17-10-5-2-6-11-17/h1-6,8-11,14-15,19,27H,7,12-13H2,(H,25,28)(H,26,29)/t19-/m0/s1. The number of anilines is 1. The number of hydrogen-bond acceptors (Lipinski definition) is 5. The Bertz CT molecular complexity index is 931. The minimum Gasteiger partial charge on any atom is -0.396 e. The monoisotopic (exact) mass is 390 g/mol. The van der Waals surface area contributed by atoms with E-state index in [1.54, 1.807) is 0 Å². The summed E-state index contributed by atoms with van der Waals surface area (Å²) >= 11 is 0. The molecule has 1 atom stereocenters. The van der Waals surface area contributed by atoms with E-state index < -0.39 is 11.8 Å². The Kier molecular flexibility index (Phi) is 7.02. The molecule has 7 heteroatoms. The molecular weight excluding hydrogens is 368 g/mol. The van der Waals surface area contributed by atoms with Gasteiger partial charge in [0, 0.05) is 12.2 Å². The number of aromatic nitrogens is 2. The molecule has 3 rings (SSSR count). The molecule has 0 aliphatic heterocycles. The third-order valence-corrected chi connectivity index (χ3v) is 4.31. The fourth-order valence-electron chi connectivity index (χ4n) is 2.84. The molecule has 2 aromatic carbocycles. The van der Waals surface area contributed by atoms with Crippen LogP contribution in [0.25, 0.3) is 11.4 Å². The van der Waals surface area contributed by atoms with Crippen molar-refractivity contribution in [3.63, 3.8) is 0 Å². The number of rotatable bonds is 7. The summed E-state index contributed by atoms with van der Waals surface area (Å²) in [5.41, 5.74) is 2.06. The summed E-state index contributed by atoms with van der Waals surface area (Å²) in [6.07, 6.45) is 3.95. The van der Waals surface area contributed by atoms with E-state index in [9.17, 15) is 9.59 Å². The zero-order chi connectivity index (χ0) is 20.5. The lowest BCUT2D eigenvalue weighted by Gasteiger charge is -2.18. The molecule has 0 radical (unpaired) electrons. The molecule has 148 valence electrons. The average Bonchev–Trinajstić information content (AvgIpc) is 2.78. The largest absolute Gasteiger partial charge is 0.396 e. The first-order valence-electron chi connectivity index (χ1n) is 9.32. The molecule has 3 aromatic rings. The van der Waals surface area contributed by atoms with Gasteiger partial charge in [-0.05, 0) is 18.4 Å². The van der Waals surface area contributed by atoms with Crippen LogP contribution in [-0.4, -0.2) is 33.5 Å². The van der Waals surface area contributed by atoms with Gasteiger partial charge in [-0.1, -0.05) is 60.7 Å². The molecule has 0 saturated heterocycles. The molecule has 0 aliphatic carbocycles. The molecule has 0 saturated carbocycles. The molecule has 3 N–H and O–H groups in total. The van der Waals surface area contributed by atoms with Crippen LogP contribution in [0.3, 0.4) is 0 Å². The highest BCUT2D eigenvalue weighted by atomic mass is 16.3. The Morgan fingerprint density at radius 3 is 2.14 bits per heavy atom. The first kappa shape index (κ1) is 20.2. The molecule has 1 aromatic heterocycles. The predicted molar refractivity (Wildman–Crippen MR) is 110 cm³/mol. The summed E-state index contributed by atoms with van der Waals surface area (Å²) < 4.78 is 0. The predicted octanol–water partition coefficient (Wildman–Crippen LogP) is 2.71. The summed E-state index contributed by atoms with van der Waals surface area (Å²) in [6, 6.07) is 18.4. The van der Waals surface area contributed by atoms with Gasteiger partial charge in [-0.2, -0.15) is 0 Å². The molecule has 2 amide bonds. The van der Waals surface area contributed by atoms with Crippen molar-refractivity contribution in [2.24, 2.45) is 0 Å². The molecule has 7 nitrogen and oxygen atoms in total. The normalized spacial score (nSPS) is 11.5. The number of amides is 2. The van der Waals surface area contributed by atoms with Crippen LogP contribution in [0.1, 0.15) is 24.4 Å². The van der Waals surface area contributed by atoms with Crippen LogP contribution in [0.2, 0.25) is 0 Å². The lowest BCUT2D eigenvalue weighted by atomic mass is 10.0. The lowest BCUT2D eigenvalue weighted by molar-refractivity contribution is -0.136. The fraction of sp³-hybridized carbons (Fsp3) is 0.182. The molecule has 29 heavy (non-hydrogen) atoms. The summed E-state index contributed by atoms with van der Waals surface area (Å²) in [4.78, 5) is 33.1. The third-order valence-electron chi connectivity index (χ3n) is 4.31. The fourth-order valence-corrected chi connectivity index (χ4v) is 2.84. The van der Waals surface area contributed by atoms with Gasteiger partial charge in [-0.25, -0.2) is 9.97 Å². The highest BCUT2D eigenvalue weighted by Crippen LogP contribution is 2.18. The maximum Gasteiger partial charge on any atom is 0.313 e. The number of benzene rings is 2. The number of nitrogens with one attached hydrogen (secondary N) is 2. The topological polar surface area (TPSA) is 104 Å². The molecule has 0 unspecified atom stereocenters. The second-order valence-corrected chi connectivity index (χ2v) is 6.42. The number of aliphatic hydroxyl groups excluding tert-OH is 1. The Hall–Kier alpha value is -3.58. The number of hydrogen-bond donors (Lipinski definition) is 3. The second-order valence-electron chi connectivity index (χ2n) is 6.42.